The van der Waals surface area contributed by atoms with Gasteiger partial charge in [0.25, 0.3) is 0 Å². The second kappa shape index (κ2) is 6.61. The van der Waals surface area contributed by atoms with Gasteiger partial charge < -0.3 is 10.2 Å². The average Bonchev–Trinajstić information content (AvgIpc) is 2.89. The minimum absolute atomic E-state index is 0.912. The van der Waals surface area contributed by atoms with Crippen LogP contribution in [0.4, 0.5) is 5.82 Å². The van der Waals surface area contributed by atoms with Crippen LogP contribution in [0, 0.1) is 20.8 Å². The van der Waals surface area contributed by atoms with E-state index in [1.165, 1.54) is 5.56 Å². The number of nitrogens with one attached hydrogen (secondary N) is 1. The number of aromatic nitrogens is 3. The van der Waals surface area contributed by atoms with Gasteiger partial charge in [-0.3, -0.25) is 0 Å². The number of nitrogens with zero attached hydrogens (tertiary/aromatic N) is 4. The van der Waals surface area contributed by atoms with Crippen molar-refractivity contribution in [3.63, 3.8) is 0 Å². The molecule has 3 rings (SSSR count). The molecule has 2 aromatic heterocycles. The Labute approximate surface area is 143 Å². The third-order valence-corrected chi connectivity index (χ3v) is 4.51. The Morgan fingerprint density at radius 3 is 2.46 bits per heavy atom. The molecule has 0 spiro atoms. The van der Waals surface area contributed by atoms with Crippen molar-refractivity contribution in [3.05, 3.63) is 47.3 Å². The van der Waals surface area contributed by atoms with E-state index >= 15 is 0 Å². The highest BCUT2D eigenvalue weighted by molar-refractivity contribution is 5.81. The van der Waals surface area contributed by atoms with Gasteiger partial charge in [-0.1, -0.05) is 30.3 Å². The lowest BCUT2D eigenvalue weighted by molar-refractivity contribution is 0.742. The van der Waals surface area contributed by atoms with Crippen molar-refractivity contribution < 1.29 is 0 Å². The molecular weight excluding hydrogens is 298 g/mol. The van der Waals surface area contributed by atoms with E-state index in [2.05, 4.69) is 62.3 Å². The fraction of sp³-hybridized carbons (Fsp3) is 0.368. The van der Waals surface area contributed by atoms with E-state index in [4.69, 9.17) is 10.1 Å². The second-order valence-corrected chi connectivity index (χ2v) is 6.23. The summed E-state index contributed by atoms with van der Waals surface area (Å²) in [6, 6.07) is 10.4. The van der Waals surface area contributed by atoms with Gasteiger partial charge in [0.1, 0.15) is 5.82 Å². The molecule has 5 nitrogen and oxygen atoms in total. The molecule has 0 aliphatic carbocycles. The molecule has 0 fully saturated rings. The van der Waals surface area contributed by atoms with E-state index in [1.54, 1.807) is 0 Å². The van der Waals surface area contributed by atoms with Crippen molar-refractivity contribution in [1.82, 2.24) is 19.9 Å². The van der Waals surface area contributed by atoms with Crippen molar-refractivity contribution in [2.75, 3.05) is 32.1 Å². The van der Waals surface area contributed by atoms with Crippen LogP contribution in [0.1, 0.15) is 17.0 Å². The van der Waals surface area contributed by atoms with Crippen LogP contribution >= 0.6 is 0 Å². The molecular formula is C19H25N5. The molecule has 5 heteroatoms. The minimum atomic E-state index is 0.912. The van der Waals surface area contributed by atoms with Crippen LogP contribution in [0.3, 0.4) is 0 Å². The summed E-state index contributed by atoms with van der Waals surface area (Å²) in [5.74, 6) is 1.11. The predicted octanol–water partition coefficient (Wildman–Crippen LogP) is 2.98. The topological polar surface area (TPSA) is 45.5 Å². The van der Waals surface area contributed by atoms with Gasteiger partial charge in [0.05, 0.1) is 5.69 Å². The third kappa shape index (κ3) is 2.76. The van der Waals surface area contributed by atoms with E-state index in [-0.39, 0.29) is 0 Å². The van der Waals surface area contributed by atoms with E-state index in [1.807, 2.05) is 17.6 Å². The lowest BCUT2D eigenvalue weighted by Gasteiger charge is -2.22. The van der Waals surface area contributed by atoms with Gasteiger partial charge in [-0.15, -0.1) is 0 Å². The van der Waals surface area contributed by atoms with Gasteiger partial charge in [0.15, 0.2) is 5.65 Å². The Kier molecular flexibility index (Phi) is 4.53. The Morgan fingerprint density at radius 1 is 1.08 bits per heavy atom. The van der Waals surface area contributed by atoms with Crippen molar-refractivity contribution in [2.24, 2.45) is 0 Å². The second-order valence-electron chi connectivity index (χ2n) is 6.23. The first-order valence-corrected chi connectivity index (χ1v) is 8.32. The number of hydrogen-bond acceptors (Lipinski definition) is 4. The first kappa shape index (κ1) is 16.5. The summed E-state index contributed by atoms with van der Waals surface area (Å²) in [6.07, 6.45) is 0. The van der Waals surface area contributed by atoms with E-state index < -0.39 is 0 Å². The highest BCUT2D eigenvalue weighted by atomic mass is 15.3. The number of fused-ring (bicyclic) bond motifs is 1. The summed E-state index contributed by atoms with van der Waals surface area (Å²) >= 11 is 0. The van der Waals surface area contributed by atoms with Crippen LogP contribution in [-0.2, 0) is 0 Å². The Bertz CT molecular complexity index is 851. The lowest BCUT2D eigenvalue weighted by atomic mass is 10.1. The summed E-state index contributed by atoms with van der Waals surface area (Å²) in [4.78, 5) is 7.10. The number of likely N-dealkylation sites (N-methyl/N-ethyl adjacent to an activating group) is 2. The largest absolute Gasteiger partial charge is 0.358 e. The van der Waals surface area contributed by atoms with Crippen molar-refractivity contribution in [2.45, 2.75) is 20.8 Å². The Morgan fingerprint density at radius 2 is 1.79 bits per heavy atom. The van der Waals surface area contributed by atoms with Gasteiger partial charge in [-0.2, -0.15) is 9.61 Å². The summed E-state index contributed by atoms with van der Waals surface area (Å²) in [5, 5.41) is 8.02. The summed E-state index contributed by atoms with van der Waals surface area (Å²) in [6.45, 7) is 8.08. The van der Waals surface area contributed by atoms with Gasteiger partial charge in [0.2, 0.25) is 0 Å². The van der Waals surface area contributed by atoms with Crippen LogP contribution in [0.5, 0.6) is 0 Å². The molecule has 24 heavy (non-hydrogen) atoms. The first-order valence-electron chi connectivity index (χ1n) is 8.32. The van der Waals surface area contributed by atoms with Crippen LogP contribution in [0.2, 0.25) is 0 Å². The predicted molar refractivity (Wildman–Crippen MR) is 99.8 cm³/mol. The number of aryl methyl sites for hydroxylation is 2. The summed E-state index contributed by atoms with van der Waals surface area (Å²) in [7, 11) is 4.08. The van der Waals surface area contributed by atoms with Gasteiger partial charge in [-0.05, 0) is 33.4 Å². The molecule has 0 atom stereocenters. The van der Waals surface area contributed by atoms with Crippen LogP contribution in [0.15, 0.2) is 30.3 Å². The van der Waals surface area contributed by atoms with Gasteiger partial charge in [0, 0.05) is 37.0 Å². The maximum Gasteiger partial charge on any atom is 0.165 e. The van der Waals surface area contributed by atoms with E-state index in [9.17, 15) is 0 Å². The molecule has 0 aliphatic rings. The van der Waals surface area contributed by atoms with Crippen molar-refractivity contribution in [3.8, 4) is 11.1 Å². The van der Waals surface area contributed by atoms with Crippen LogP contribution in [0.25, 0.3) is 16.8 Å². The van der Waals surface area contributed by atoms with Crippen LogP contribution in [-0.4, -0.2) is 41.8 Å². The maximum absolute atomic E-state index is 4.85. The van der Waals surface area contributed by atoms with Crippen LogP contribution < -0.4 is 10.2 Å². The molecule has 0 amide bonds. The number of rotatable bonds is 5. The zero-order valence-corrected chi connectivity index (χ0v) is 15.1. The average molecular weight is 323 g/mol. The minimum Gasteiger partial charge on any atom is -0.358 e. The number of anilines is 1. The molecule has 0 radical (unpaired) electrons. The molecule has 0 unspecified atom stereocenters. The molecule has 0 bridgehead atoms. The Balaban J connectivity index is 2.25. The molecule has 3 aromatic rings. The quantitative estimate of drug-likeness (QED) is 0.784. The molecule has 1 N–H and O–H groups in total. The third-order valence-electron chi connectivity index (χ3n) is 4.51. The first-order chi connectivity index (χ1) is 11.5. The molecule has 126 valence electrons. The fourth-order valence-electron chi connectivity index (χ4n) is 3.11. The van der Waals surface area contributed by atoms with Gasteiger partial charge >= 0.3 is 0 Å². The zero-order valence-electron chi connectivity index (χ0n) is 15.1. The van der Waals surface area contributed by atoms with Crippen molar-refractivity contribution in [1.29, 1.82) is 0 Å². The standard InChI is InChI=1S/C19H25N5/c1-13-14(2)21-18-17(16-9-7-6-8-10-16)15(3)22-24(18)19(13)23(5)12-11-20-4/h6-10,20H,11-12H2,1-5H3. The highest BCUT2D eigenvalue weighted by Crippen LogP contribution is 2.31. The highest BCUT2D eigenvalue weighted by Gasteiger charge is 2.20. The molecule has 0 saturated heterocycles. The van der Waals surface area contributed by atoms with E-state index in [0.29, 0.717) is 0 Å². The SMILES string of the molecule is CNCCN(C)c1c(C)c(C)nc2c(-c3ccccc3)c(C)nn12. The normalized spacial score (nSPS) is 11.2. The monoisotopic (exact) mass is 323 g/mol. The fourth-order valence-corrected chi connectivity index (χ4v) is 3.11. The Hall–Kier alpha value is -2.40. The number of benzene rings is 1. The summed E-state index contributed by atoms with van der Waals surface area (Å²) < 4.78 is 2.00. The van der Waals surface area contributed by atoms with Gasteiger partial charge in [-0.25, -0.2) is 4.98 Å². The molecule has 1 aromatic carbocycles. The van der Waals surface area contributed by atoms with Crippen molar-refractivity contribution >= 4 is 11.5 Å². The lowest BCUT2D eigenvalue weighted by Crippen LogP contribution is -2.29. The molecule has 2 heterocycles. The smallest absolute Gasteiger partial charge is 0.165 e. The molecule has 0 saturated carbocycles. The zero-order chi connectivity index (χ0) is 17.3. The summed E-state index contributed by atoms with van der Waals surface area (Å²) in [5.41, 5.74) is 6.41. The number of hydrogen-bond donors (Lipinski definition) is 1. The molecule has 0 aliphatic heterocycles. The maximum atomic E-state index is 4.85. The van der Waals surface area contributed by atoms with E-state index in [0.717, 1.165) is 47.1 Å².